The van der Waals surface area contributed by atoms with Gasteiger partial charge >= 0.3 is 0 Å². The Bertz CT molecular complexity index is 2770. The van der Waals surface area contributed by atoms with Gasteiger partial charge in [-0.1, -0.05) is 103 Å². The highest BCUT2D eigenvalue weighted by Crippen LogP contribution is 2.40. The van der Waals surface area contributed by atoms with Crippen molar-refractivity contribution in [3.05, 3.63) is 133 Å². The number of rotatable bonds is 3. The van der Waals surface area contributed by atoms with Crippen LogP contribution < -0.4 is 0 Å². The fourth-order valence-electron chi connectivity index (χ4n) is 6.66. The normalized spacial score (nSPS) is 12.0. The lowest BCUT2D eigenvalue weighted by Gasteiger charge is -2.11. The highest BCUT2D eigenvalue weighted by Gasteiger charge is 2.23. The molecule has 0 saturated heterocycles. The van der Waals surface area contributed by atoms with Crippen LogP contribution in [0.3, 0.4) is 0 Å². The van der Waals surface area contributed by atoms with Crippen molar-refractivity contribution in [1.82, 2.24) is 19.5 Å². The van der Waals surface area contributed by atoms with E-state index in [2.05, 4.69) is 53.1 Å². The molecule has 6 nitrogen and oxygen atoms in total. The average Bonchev–Trinajstić information content (AvgIpc) is 3.78. The van der Waals surface area contributed by atoms with Crippen LogP contribution in [0.25, 0.3) is 94.4 Å². The maximum Gasteiger partial charge on any atom is 0.238 e. The summed E-state index contributed by atoms with van der Waals surface area (Å²) in [6.45, 7) is 0. The molecule has 4 aromatic heterocycles. The van der Waals surface area contributed by atoms with Crippen LogP contribution in [0.15, 0.2) is 142 Å². The van der Waals surface area contributed by atoms with Gasteiger partial charge in [0.05, 0.1) is 11.1 Å². The third kappa shape index (κ3) is 3.48. The van der Waals surface area contributed by atoms with Crippen LogP contribution in [0.4, 0.5) is 0 Å². The standard InChI is InChI=1S/C39H22N4O2/c1-2-11-23(12-3-1)37-40-38(30-17-10-16-28-25-14-5-8-19-32(25)44-35(28)30)42-39(41-37)43-31-18-7-4-13-24(31)27-21-22-29-26-15-6-9-20-33(26)45-36(29)34(27)43/h1-22H. The fraction of sp³-hybridized carbons (Fsp3) is 0. The SMILES string of the molecule is c1ccc(-c2nc(-c3cccc4c3oc3ccccc34)nc(-n3c4ccccc4c4ccc5c6ccccc6oc5c43)n2)cc1. The molecule has 6 aromatic carbocycles. The summed E-state index contributed by atoms with van der Waals surface area (Å²) in [5.41, 5.74) is 6.82. The van der Waals surface area contributed by atoms with Gasteiger partial charge in [0, 0.05) is 37.9 Å². The highest BCUT2D eigenvalue weighted by atomic mass is 16.3. The molecule has 0 N–H and O–H groups in total. The van der Waals surface area contributed by atoms with Crippen molar-refractivity contribution in [2.45, 2.75) is 0 Å². The lowest BCUT2D eigenvalue weighted by molar-refractivity contribution is 0.669. The molecule has 6 heteroatoms. The van der Waals surface area contributed by atoms with E-state index in [-0.39, 0.29) is 0 Å². The number of hydrogen-bond donors (Lipinski definition) is 0. The van der Waals surface area contributed by atoms with E-state index in [4.69, 9.17) is 23.8 Å². The Hall–Kier alpha value is -6.27. The second-order valence-corrected chi connectivity index (χ2v) is 11.2. The Morgan fingerprint density at radius 3 is 1.82 bits per heavy atom. The predicted octanol–water partition coefficient (Wildman–Crippen LogP) is 10.1. The second-order valence-electron chi connectivity index (χ2n) is 11.2. The minimum Gasteiger partial charge on any atom is -0.455 e. The minimum atomic E-state index is 0.506. The number of hydrogen-bond acceptors (Lipinski definition) is 5. The maximum atomic E-state index is 6.57. The van der Waals surface area contributed by atoms with Crippen molar-refractivity contribution < 1.29 is 8.83 Å². The zero-order valence-electron chi connectivity index (χ0n) is 23.8. The second kappa shape index (κ2) is 9.11. The summed E-state index contributed by atoms with van der Waals surface area (Å²) in [6, 6.07) is 45.1. The zero-order valence-corrected chi connectivity index (χ0v) is 23.8. The molecule has 0 amide bonds. The maximum absolute atomic E-state index is 6.57. The molecular formula is C39H22N4O2. The van der Waals surface area contributed by atoms with E-state index in [1.807, 2.05) is 84.9 Å². The number of nitrogens with zero attached hydrogens (tertiary/aromatic N) is 4. The zero-order chi connectivity index (χ0) is 29.5. The first kappa shape index (κ1) is 24.2. The molecule has 10 aromatic rings. The molecule has 210 valence electrons. The van der Waals surface area contributed by atoms with E-state index in [1.54, 1.807) is 0 Å². The molecular weight excluding hydrogens is 556 g/mol. The van der Waals surface area contributed by atoms with Gasteiger partial charge in [0.1, 0.15) is 22.3 Å². The summed E-state index contributed by atoms with van der Waals surface area (Å²) in [5.74, 6) is 1.61. The summed E-state index contributed by atoms with van der Waals surface area (Å²) in [7, 11) is 0. The predicted molar refractivity (Wildman–Crippen MR) is 180 cm³/mol. The molecule has 0 spiro atoms. The van der Waals surface area contributed by atoms with Crippen LogP contribution in [0.2, 0.25) is 0 Å². The van der Waals surface area contributed by atoms with Gasteiger partial charge in [-0.15, -0.1) is 0 Å². The molecule has 45 heavy (non-hydrogen) atoms. The summed E-state index contributed by atoms with van der Waals surface area (Å²) >= 11 is 0. The molecule has 10 rings (SSSR count). The molecule has 4 heterocycles. The third-order valence-electron chi connectivity index (χ3n) is 8.68. The van der Waals surface area contributed by atoms with Gasteiger partial charge in [-0.2, -0.15) is 9.97 Å². The average molecular weight is 579 g/mol. The first-order valence-electron chi connectivity index (χ1n) is 14.9. The van der Waals surface area contributed by atoms with Crippen LogP contribution in [-0.2, 0) is 0 Å². The number of fused-ring (bicyclic) bond motifs is 10. The van der Waals surface area contributed by atoms with Gasteiger partial charge in [-0.25, -0.2) is 4.98 Å². The Labute approximate surface area is 255 Å². The lowest BCUT2D eigenvalue weighted by Crippen LogP contribution is -2.06. The van der Waals surface area contributed by atoms with Gasteiger partial charge in [-0.3, -0.25) is 4.57 Å². The van der Waals surface area contributed by atoms with Crippen molar-refractivity contribution in [2.75, 3.05) is 0 Å². The number of para-hydroxylation sites is 4. The summed E-state index contributed by atoms with van der Waals surface area (Å²) < 4.78 is 15.1. The van der Waals surface area contributed by atoms with Crippen molar-refractivity contribution >= 4 is 65.7 Å². The van der Waals surface area contributed by atoms with Crippen LogP contribution >= 0.6 is 0 Å². The topological polar surface area (TPSA) is 69.9 Å². The Balaban J connectivity index is 1.34. The van der Waals surface area contributed by atoms with Crippen molar-refractivity contribution in [3.63, 3.8) is 0 Å². The van der Waals surface area contributed by atoms with Crippen LogP contribution in [0.5, 0.6) is 0 Å². The Morgan fingerprint density at radius 1 is 0.422 bits per heavy atom. The summed E-state index contributed by atoms with van der Waals surface area (Å²) in [4.78, 5) is 15.4. The quantitative estimate of drug-likeness (QED) is 0.209. The minimum absolute atomic E-state index is 0.506. The van der Waals surface area contributed by atoms with E-state index in [0.717, 1.165) is 76.8 Å². The van der Waals surface area contributed by atoms with Gasteiger partial charge in [0.15, 0.2) is 17.2 Å². The number of furan rings is 2. The number of aromatic nitrogens is 4. The number of benzene rings is 6. The van der Waals surface area contributed by atoms with E-state index >= 15 is 0 Å². The van der Waals surface area contributed by atoms with E-state index in [1.165, 1.54) is 0 Å². The molecule has 0 atom stereocenters. The van der Waals surface area contributed by atoms with E-state index in [9.17, 15) is 0 Å². The molecule has 0 radical (unpaired) electrons. The molecule has 0 aliphatic carbocycles. The molecule has 0 aliphatic heterocycles. The molecule has 0 aliphatic rings. The van der Waals surface area contributed by atoms with Crippen LogP contribution in [-0.4, -0.2) is 19.5 Å². The molecule has 0 unspecified atom stereocenters. The smallest absolute Gasteiger partial charge is 0.238 e. The molecule has 0 fully saturated rings. The van der Waals surface area contributed by atoms with Crippen LogP contribution in [0.1, 0.15) is 0 Å². The van der Waals surface area contributed by atoms with E-state index in [0.29, 0.717) is 17.6 Å². The lowest BCUT2D eigenvalue weighted by atomic mass is 10.1. The monoisotopic (exact) mass is 578 g/mol. The molecule has 0 bridgehead atoms. The largest absolute Gasteiger partial charge is 0.455 e. The van der Waals surface area contributed by atoms with Gasteiger partial charge in [0.2, 0.25) is 5.95 Å². The Morgan fingerprint density at radius 2 is 1.02 bits per heavy atom. The van der Waals surface area contributed by atoms with Gasteiger partial charge in [-0.05, 0) is 30.3 Å². The van der Waals surface area contributed by atoms with Crippen LogP contribution in [0, 0.1) is 0 Å². The first-order valence-corrected chi connectivity index (χ1v) is 14.9. The third-order valence-corrected chi connectivity index (χ3v) is 8.68. The van der Waals surface area contributed by atoms with Gasteiger partial charge in [0.25, 0.3) is 0 Å². The fourth-order valence-corrected chi connectivity index (χ4v) is 6.66. The van der Waals surface area contributed by atoms with Crippen molar-refractivity contribution in [1.29, 1.82) is 0 Å². The van der Waals surface area contributed by atoms with Crippen molar-refractivity contribution in [3.8, 4) is 28.7 Å². The Kier molecular flexibility index (Phi) is 4.90. The van der Waals surface area contributed by atoms with Gasteiger partial charge < -0.3 is 8.83 Å². The highest BCUT2D eigenvalue weighted by molar-refractivity contribution is 6.21. The summed E-state index contributed by atoms with van der Waals surface area (Å²) in [5, 5.41) is 6.36. The molecule has 0 saturated carbocycles. The summed E-state index contributed by atoms with van der Waals surface area (Å²) in [6.07, 6.45) is 0. The van der Waals surface area contributed by atoms with Crippen molar-refractivity contribution in [2.24, 2.45) is 0 Å². The first-order chi connectivity index (χ1) is 22.3. The van der Waals surface area contributed by atoms with E-state index < -0.39 is 0 Å².